The number of rotatable bonds is 4. The van der Waals surface area contributed by atoms with Crippen LogP contribution in [0.1, 0.15) is 40.5 Å². The van der Waals surface area contributed by atoms with Gasteiger partial charge < -0.3 is 14.7 Å². The van der Waals surface area contributed by atoms with Gasteiger partial charge in [0.25, 0.3) is 0 Å². The minimum atomic E-state index is 0.0730. The van der Waals surface area contributed by atoms with E-state index < -0.39 is 0 Å². The molecule has 0 unspecified atom stereocenters. The molecule has 1 saturated heterocycles. The molecular formula is C15H27NO3. The lowest BCUT2D eigenvalue weighted by Crippen LogP contribution is -2.42. The van der Waals surface area contributed by atoms with Crippen molar-refractivity contribution in [1.82, 2.24) is 4.90 Å². The number of ether oxygens (including phenoxy) is 1. The topological polar surface area (TPSA) is 49.8 Å². The van der Waals surface area contributed by atoms with Gasteiger partial charge in [-0.05, 0) is 23.7 Å². The molecule has 0 aromatic rings. The van der Waals surface area contributed by atoms with Gasteiger partial charge in [0.05, 0.1) is 19.3 Å². The van der Waals surface area contributed by atoms with E-state index in [9.17, 15) is 4.79 Å². The molecule has 110 valence electrons. The normalized spacial score (nSPS) is 26.5. The van der Waals surface area contributed by atoms with Gasteiger partial charge in [0.1, 0.15) is 0 Å². The number of hydrogen-bond acceptors (Lipinski definition) is 3. The summed E-state index contributed by atoms with van der Waals surface area (Å²) in [7, 11) is 0. The molecule has 1 saturated carbocycles. The first kappa shape index (κ1) is 14.8. The van der Waals surface area contributed by atoms with Crippen LogP contribution in [0.4, 0.5) is 0 Å². The molecule has 1 heterocycles. The van der Waals surface area contributed by atoms with Gasteiger partial charge in [0.15, 0.2) is 0 Å². The van der Waals surface area contributed by atoms with Crippen molar-refractivity contribution in [3.8, 4) is 0 Å². The van der Waals surface area contributed by atoms with E-state index in [4.69, 9.17) is 9.84 Å². The van der Waals surface area contributed by atoms with E-state index in [2.05, 4.69) is 27.7 Å². The van der Waals surface area contributed by atoms with Gasteiger partial charge in [0, 0.05) is 19.0 Å². The van der Waals surface area contributed by atoms with E-state index in [1.807, 2.05) is 4.90 Å². The van der Waals surface area contributed by atoms with Gasteiger partial charge >= 0.3 is 0 Å². The van der Waals surface area contributed by atoms with Gasteiger partial charge in [-0.25, -0.2) is 0 Å². The third kappa shape index (κ3) is 2.52. The first-order valence-corrected chi connectivity index (χ1v) is 7.33. The molecule has 0 aromatic heterocycles. The van der Waals surface area contributed by atoms with Crippen molar-refractivity contribution in [1.29, 1.82) is 0 Å². The van der Waals surface area contributed by atoms with Crippen molar-refractivity contribution >= 4 is 5.91 Å². The Balaban J connectivity index is 1.84. The van der Waals surface area contributed by atoms with Crippen LogP contribution in [0, 0.1) is 16.7 Å². The Morgan fingerprint density at radius 1 is 1.21 bits per heavy atom. The van der Waals surface area contributed by atoms with E-state index in [-0.39, 0.29) is 29.5 Å². The SMILES string of the molecule is CC1(C)C(C(=O)N2CCC(OCCO)CC2)C1(C)C. The van der Waals surface area contributed by atoms with E-state index in [1.54, 1.807) is 0 Å². The van der Waals surface area contributed by atoms with Crippen LogP contribution in [0.3, 0.4) is 0 Å². The number of piperidine rings is 1. The molecular weight excluding hydrogens is 242 g/mol. The Morgan fingerprint density at radius 3 is 2.16 bits per heavy atom. The van der Waals surface area contributed by atoms with Crippen LogP contribution < -0.4 is 0 Å². The van der Waals surface area contributed by atoms with E-state index in [1.165, 1.54) is 0 Å². The Bertz CT molecular complexity index is 329. The highest BCUT2D eigenvalue weighted by Gasteiger charge is 2.68. The smallest absolute Gasteiger partial charge is 0.226 e. The van der Waals surface area contributed by atoms with Gasteiger partial charge in [-0.1, -0.05) is 27.7 Å². The van der Waals surface area contributed by atoms with Gasteiger partial charge in [0.2, 0.25) is 5.91 Å². The Hall–Kier alpha value is -0.610. The number of aliphatic hydroxyl groups is 1. The summed E-state index contributed by atoms with van der Waals surface area (Å²) in [5.74, 6) is 0.477. The molecule has 0 radical (unpaired) electrons. The largest absolute Gasteiger partial charge is 0.394 e. The fourth-order valence-electron chi connectivity index (χ4n) is 3.46. The van der Waals surface area contributed by atoms with E-state index in [0.717, 1.165) is 25.9 Å². The monoisotopic (exact) mass is 269 g/mol. The maximum atomic E-state index is 12.6. The van der Waals surface area contributed by atoms with E-state index in [0.29, 0.717) is 12.5 Å². The highest BCUT2D eigenvalue weighted by atomic mass is 16.5. The molecule has 2 rings (SSSR count). The molecule has 19 heavy (non-hydrogen) atoms. The zero-order chi connectivity index (χ0) is 14.3. The summed E-state index contributed by atoms with van der Waals surface area (Å²) >= 11 is 0. The van der Waals surface area contributed by atoms with Crippen molar-refractivity contribution in [3.05, 3.63) is 0 Å². The van der Waals surface area contributed by atoms with Gasteiger partial charge in [-0.2, -0.15) is 0 Å². The second-order valence-electron chi connectivity index (χ2n) is 7.00. The quantitative estimate of drug-likeness (QED) is 0.844. The van der Waals surface area contributed by atoms with Crippen LogP contribution in [0.2, 0.25) is 0 Å². The molecule has 0 aromatic carbocycles. The van der Waals surface area contributed by atoms with Crippen LogP contribution in [0.5, 0.6) is 0 Å². The molecule has 0 atom stereocenters. The average molecular weight is 269 g/mol. The number of nitrogens with zero attached hydrogens (tertiary/aromatic N) is 1. The van der Waals surface area contributed by atoms with Crippen molar-refractivity contribution in [2.45, 2.75) is 46.6 Å². The lowest BCUT2D eigenvalue weighted by atomic mass is 10.0. The number of carbonyl (C=O) groups is 1. The zero-order valence-corrected chi connectivity index (χ0v) is 12.6. The van der Waals surface area contributed by atoms with Gasteiger partial charge in [-0.3, -0.25) is 4.79 Å². The summed E-state index contributed by atoms with van der Waals surface area (Å²) in [5, 5.41) is 8.74. The molecule has 1 aliphatic heterocycles. The molecule has 1 amide bonds. The molecule has 0 spiro atoms. The first-order chi connectivity index (χ1) is 8.82. The second-order valence-corrected chi connectivity index (χ2v) is 7.00. The van der Waals surface area contributed by atoms with Gasteiger partial charge in [-0.15, -0.1) is 0 Å². The summed E-state index contributed by atoms with van der Waals surface area (Å²) in [6.07, 6.45) is 1.98. The molecule has 4 heteroatoms. The summed E-state index contributed by atoms with van der Waals surface area (Å²) in [4.78, 5) is 14.6. The predicted octanol–water partition coefficient (Wildman–Crippen LogP) is 1.67. The highest BCUT2D eigenvalue weighted by molar-refractivity contribution is 5.84. The first-order valence-electron chi connectivity index (χ1n) is 7.33. The standard InChI is InChI=1S/C15H27NO3/c1-14(2)12(15(14,3)4)13(18)16-7-5-11(6-8-16)19-10-9-17/h11-12,17H,5-10H2,1-4H3. The number of amides is 1. The zero-order valence-electron chi connectivity index (χ0n) is 12.6. The number of carbonyl (C=O) groups excluding carboxylic acids is 1. The maximum Gasteiger partial charge on any atom is 0.226 e. The number of hydrogen-bond donors (Lipinski definition) is 1. The van der Waals surface area contributed by atoms with E-state index >= 15 is 0 Å². The fraction of sp³-hybridized carbons (Fsp3) is 0.933. The predicted molar refractivity (Wildman–Crippen MR) is 73.7 cm³/mol. The minimum absolute atomic E-state index is 0.0730. The van der Waals surface area contributed by atoms with Crippen molar-refractivity contribution in [3.63, 3.8) is 0 Å². The Labute approximate surface area is 116 Å². The molecule has 4 nitrogen and oxygen atoms in total. The molecule has 2 aliphatic rings. The summed E-state index contributed by atoms with van der Waals surface area (Å²) < 4.78 is 5.53. The third-order valence-corrected chi connectivity index (χ3v) is 5.47. The molecule has 1 N–H and O–H groups in total. The molecule has 1 aliphatic carbocycles. The Kier molecular flexibility index (Phi) is 3.94. The molecule has 2 fully saturated rings. The highest BCUT2D eigenvalue weighted by Crippen LogP contribution is 2.68. The molecule has 0 bridgehead atoms. The lowest BCUT2D eigenvalue weighted by Gasteiger charge is -2.32. The van der Waals surface area contributed by atoms with Crippen LogP contribution in [0.25, 0.3) is 0 Å². The van der Waals surface area contributed by atoms with Crippen LogP contribution >= 0.6 is 0 Å². The van der Waals surface area contributed by atoms with Crippen molar-refractivity contribution in [2.24, 2.45) is 16.7 Å². The number of aliphatic hydroxyl groups excluding tert-OH is 1. The third-order valence-electron chi connectivity index (χ3n) is 5.47. The van der Waals surface area contributed by atoms with Crippen LogP contribution in [-0.2, 0) is 9.53 Å². The van der Waals surface area contributed by atoms with Crippen LogP contribution in [0.15, 0.2) is 0 Å². The second kappa shape index (κ2) is 5.06. The van der Waals surface area contributed by atoms with Crippen LogP contribution in [-0.4, -0.2) is 48.3 Å². The van der Waals surface area contributed by atoms with Crippen molar-refractivity contribution in [2.75, 3.05) is 26.3 Å². The summed E-state index contributed by atoms with van der Waals surface area (Å²) in [6, 6.07) is 0. The Morgan fingerprint density at radius 2 is 1.74 bits per heavy atom. The number of likely N-dealkylation sites (tertiary alicyclic amines) is 1. The van der Waals surface area contributed by atoms with Crippen molar-refractivity contribution < 1.29 is 14.6 Å². The fourth-order valence-corrected chi connectivity index (χ4v) is 3.46. The summed E-state index contributed by atoms with van der Waals surface area (Å²) in [5.41, 5.74) is 0.239. The summed E-state index contributed by atoms with van der Waals surface area (Å²) in [6.45, 7) is 10.8. The average Bonchev–Trinajstić information content (AvgIpc) is 2.77. The lowest BCUT2D eigenvalue weighted by molar-refractivity contribution is -0.136. The maximum absolute atomic E-state index is 12.6. The minimum Gasteiger partial charge on any atom is -0.394 e.